The number of halogens is 3. The van der Waals surface area contributed by atoms with Gasteiger partial charge in [-0.3, -0.25) is 4.79 Å². The first-order valence-electron chi connectivity index (χ1n) is 4.15. The maximum Gasteiger partial charge on any atom is 0.471 e. The van der Waals surface area contributed by atoms with E-state index in [0.717, 1.165) is 0 Å². The summed E-state index contributed by atoms with van der Waals surface area (Å²) in [4.78, 5) is 10.3. The Labute approximate surface area is 80.4 Å². The predicted octanol–water partition coefficient (Wildman–Crippen LogP) is 0.831. The molecule has 0 saturated carbocycles. The largest absolute Gasteiger partial charge is 0.471 e. The first kappa shape index (κ1) is 13.0. The quantitative estimate of drug-likeness (QED) is 0.503. The third kappa shape index (κ3) is 6.47. The van der Waals surface area contributed by atoms with Crippen LogP contribution in [0.2, 0.25) is 0 Å². The molecule has 0 unspecified atom stereocenters. The summed E-state index contributed by atoms with van der Waals surface area (Å²) >= 11 is 0. The Kier molecular flexibility index (Phi) is 5.94. The van der Waals surface area contributed by atoms with Gasteiger partial charge in [-0.2, -0.15) is 13.2 Å². The second-order valence-electron chi connectivity index (χ2n) is 2.60. The molecular formula is C8H13F3N2O. The zero-order valence-electron chi connectivity index (χ0n) is 7.66. The minimum Gasteiger partial charge on any atom is -0.348 e. The van der Waals surface area contributed by atoms with Gasteiger partial charge in [-0.15, -0.1) is 6.58 Å². The van der Waals surface area contributed by atoms with E-state index in [2.05, 4.69) is 11.9 Å². The van der Waals surface area contributed by atoms with Gasteiger partial charge in [0, 0.05) is 13.1 Å². The summed E-state index contributed by atoms with van der Waals surface area (Å²) in [6.45, 7) is 4.62. The van der Waals surface area contributed by atoms with E-state index in [1.807, 2.05) is 0 Å². The number of hydrogen-bond donors (Lipinski definition) is 2. The highest BCUT2D eigenvalue weighted by Gasteiger charge is 2.37. The monoisotopic (exact) mass is 210 g/mol. The first-order valence-corrected chi connectivity index (χ1v) is 4.15. The van der Waals surface area contributed by atoms with Gasteiger partial charge in [-0.1, -0.05) is 6.08 Å². The summed E-state index contributed by atoms with van der Waals surface area (Å²) in [6.07, 6.45) is -2.68. The maximum atomic E-state index is 11.6. The lowest BCUT2D eigenvalue weighted by atomic mass is 10.4. The molecule has 82 valence electrons. The molecule has 14 heavy (non-hydrogen) atoms. The third-order valence-corrected chi connectivity index (χ3v) is 1.36. The van der Waals surface area contributed by atoms with Crippen molar-refractivity contribution in [2.75, 3.05) is 19.6 Å². The zero-order chi connectivity index (χ0) is 11.0. The Balaban J connectivity index is 3.37. The molecule has 0 rings (SSSR count). The normalized spacial score (nSPS) is 11.1. The van der Waals surface area contributed by atoms with E-state index in [4.69, 9.17) is 0 Å². The van der Waals surface area contributed by atoms with E-state index in [0.29, 0.717) is 19.5 Å². The van der Waals surface area contributed by atoms with Crippen molar-refractivity contribution >= 4 is 5.91 Å². The maximum absolute atomic E-state index is 11.6. The third-order valence-electron chi connectivity index (χ3n) is 1.36. The van der Waals surface area contributed by atoms with Crippen molar-refractivity contribution in [1.82, 2.24) is 10.6 Å². The molecule has 0 aromatic rings. The fraction of sp³-hybridized carbons (Fsp3) is 0.625. The van der Waals surface area contributed by atoms with Gasteiger partial charge in [-0.25, -0.2) is 0 Å². The second kappa shape index (κ2) is 6.42. The SMILES string of the molecule is C=CCNCCCNC(=O)C(F)(F)F. The smallest absolute Gasteiger partial charge is 0.348 e. The average molecular weight is 210 g/mol. The van der Waals surface area contributed by atoms with Crippen LogP contribution < -0.4 is 10.6 Å². The highest BCUT2D eigenvalue weighted by molar-refractivity contribution is 5.81. The van der Waals surface area contributed by atoms with E-state index in [1.54, 1.807) is 11.4 Å². The van der Waals surface area contributed by atoms with E-state index in [1.165, 1.54) is 0 Å². The lowest BCUT2D eigenvalue weighted by molar-refractivity contribution is -0.173. The number of carbonyl (C=O) groups is 1. The molecule has 0 fully saturated rings. The minimum absolute atomic E-state index is 0.0164. The van der Waals surface area contributed by atoms with Crippen molar-refractivity contribution < 1.29 is 18.0 Å². The summed E-state index contributed by atoms with van der Waals surface area (Å²) in [7, 11) is 0. The lowest BCUT2D eigenvalue weighted by Gasteiger charge is -2.07. The number of nitrogens with one attached hydrogen (secondary N) is 2. The number of rotatable bonds is 6. The van der Waals surface area contributed by atoms with Gasteiger partial charge in [-0.05, 0) is 13.0 Å². The second-order valence-corrected chi connectivity index (χ2v) is 2.60. The van der Waals surface area contributed by atoms with Crippen LogP contribution in [0.1, 0.15) is 6.42 Å². The van der Waals surface area contributed by atoms with Crippen molar-refractivity contribution in [3.63, 3.8) is 0 Å². The fourth-order valence-corrected chi connectivity index (χ4v) is 0.720. The lowest BCUT2D eigenvalue weighted by Crippen LogP contribution is -2.38. The molecule has 0 atom stereocenters. The molecule has 0 aliphatic carbocycles. The van der Waals surface area contributed by atoms with Gasteiger partial charge in [0.2, 0.25) is 0 Å². The van der Waals surface area contributed by atoms with E-state index < -0.39 is 12.1 Å². The molecule has 0 bridgehead atoms. The molecular weight excluding hydrogens is 197 g/mol. The Morgan fingerprint density at radius 1 is 1.36 bits per heavy atom. The van der Waals surface area contributed by atoms with Gasteiger partial charge >= 0.3 is 12.1 Å². The Hall–Kier alpha value is -1.04. The van der Waals surface area contributed by atoms with Crippen LogP contribution in [-0.2, 0) is 4.79 Å². The standard InChI is InChI=1S/C8H13F3N2O/c1-2-4-12-5-3-6-13-7(14)8(9,10)11/h2,12H,1,3-6H2,(H,13,14). The van der Waals surface area contributed by atoms with Crippen molar-refractivity contribution in [2.24, 2.45) is 0 Å². The van der Waals surface area contributed by atoms with Gasteiger partial charge in [0.15, 0.2) is 0 Å². The van der Waals surface area contributed by atoms with Gasteiger partial charge < -0.3 is 10.6 Å². The molecule has 0 aromatic heterocycles. The van der Waals surface area contributed by atoms with Crippen LogP contribution in [0.15, 0.2) is 12.7 Å². The molecule has 1 amide bonds. The molecule has 0 heterocycles. The molecule has 0 aromatic carbocycles. The molecule has 0 saturated heterocycles. The van der Waals surface area contributed by atoms with E-state index >= 15 is 0 Å². The van der Waals surface area contributed by atoms with Crippen molar-refractivity contribution in [1.29, 1.82) is 0 Å². The number of amides is 1. The highest BCUT2D eigenvalue weighted by atomic mass is 19.4. The molecule has 0 radical (unpaired) electrons. The topological polar surface area (TPSA) is 41.1 Å². The average Bonchev–Trinajstić information content (AvgIpc) is 2.09. The molecule has 2 N–H and O–H groups in total. The Morgan fingerprint density at radius 3 is 2.50 bits per heavy atom. The van der Waals surface area contributed by atoms with Crippen LogP contribution in [0.3, 0.4) is 0 Å². The molecule has 0 aliphatic heterocycles. The van der Waals surface area contributed by atoms with Crippen LogP contribution in [0.5, 0.6) is 0 Å². The first-order chi connectivity index (χ1) is 6.48. The van der Waals surface area contributed by atoms with Crippen LogP contribution in [0, 0.1) is 0 Å². The van der Waals surface area contributed by atoms with Gasteiger partial charge in [0.1, 0.15) is 0 Å². The van der Waals surface area contributed by atoms with Gasteiger partial charge in [0.25, 0.3) is 0 Å². The number of alkyl halides is 3. The zero-order valence-corrected chi connectivity index (χ0v) is 7.66. The molecule has 0 spiro atoms. The molecule has 0 aliphatic rings. The van der Waals surface area contributed by atoms with Gasteiger partial charge in [0.05, 0.1) is 0 Å². The van der Waals surface area contributed by atoms with Crippen molar-refractivity contribution in [3.8, 4) is 0 Å². The number of carbonyl (C=O) groups excluding carboxylic acids is 1. The highest BCUT2D eigenvalue weighted by Crippen LogP contribution is 2.13. The molecule has 3 nitrogen and oxygen atoms in total. The molecule has 6 heteroatoms. The van der Waals surface area contributed by atoms with Crippen LogP contribution in [0.25, 0.3) is 0 Å². The van der Waals surface area contributed by atoms with E-state index in [-0.39, 0.29) is 6.54 Å². The summed E-state index contributed by atoms with van der Waals surface area (Å²) in [5.41, 5.74) is 0. The summed E-state index contributed by atoms with van der Waals surface area (Å²) in [6, 6.07) is 0. The summed E-state index contributed by atoms with van der Waals surface area (Å²) in [5.74, 6) is -1.89. The summed E-state index contributed by atoms with van der Waals surface area (Å²) < 4.78 is 34.9. The fourth-order valence-electron chi connectivity index (χ4n) is 0.720. The van der Waals surface area contributed by atoms with Crippen LogP contribution >= 0.6 is 0 Å². The van der Waals surface area contributed by atoms with Crippen molar-refractivity contribution in [2.45, 2.75) is 12.6 Å². The summed E-state index contributed by atoms with van der Waals surface area (Å²) in [5, 5.41) is 4.67. The minimum atomic E-state index is -4.78. The number of hydrogen-bond acceptors (Lipinski definition) is 2. The van der Waals surface area contributed by atoms with E-state index in [9.17, 15) is 18.0 Å². The predicted molar refractivity (Wildman–Crippen MR) is 46.7 cm³/mol. The van der Waals surface area contributed by atoms with Crippen LogP contribution in [-0.4, -0.2) is 31.7 Å². The van der Waals surface area contributed by atoms with Crippen molar-refractivity contribution in [3.05, 3.63) is 12.7 Å². The Morgan fingerprint density at radius 2 is 2.00 bits per heavy atom. The Bertz CT molecular complexity index is 192. The van der Waals surface area contributed by atoms with Crippen LogP contribution in [0.4, 0.5) is 13.2 Å².